The zero-order chi connectivity index (χ0) is 13.9. The quantitative estimate of drug-likeness (QED) is 0.881. The molecule has 108 valence electrons. The summed E-state index contributed by atoms with van der Waals surface area (Å²) in [6, 6.07) is 7.72. The second-order valence-corrected chi connectivity index (χ2v) is 5.82. The highest BCUT2D eigenvalue weighted by atomic mass is 16.4. The Balaban J connectivity index is 1.79. The van der Waals surface area contributed by atoms with E-state index in [1.807, 2.05) is 12.1 Å². The third kappa shape index (κ3) is 3.02. The van der Waals surface area contributed by atoms with Gasteiger partial charge in [0.05, 0.1) is 0 Å². The lowest BCUT2D eigenvalue weighted by Gasteiger charge is -2.27. The van der Waals surface area contributed by atoms with Crippen molar-refractivity contribution in [3.63, 3.8) is 0 Å². The molecule has 20 heavy (non-hydrogen) atoms. The van der Waals surface area contributed by atoms with Crippen LogP contribution < -0.4 is 5.32 Å². The van der Waals surface area contributed by atoms with Crippen molar-refractivity contribution >= 4 is 5.97 Å². The van der Waals surface area contributed by atoms with E-state index in [0.717, 1.165) is 44.1 Å². The number of carboxylic acids is 1. The standard InChI is InChI=1S/C16H22N2O2/c19-16(20)15(18-10-1-8-17-9-11-18)14-6-4-13(5-7-14)12-2-3-12/h4-7,12,15,17H,1-3,8-11H2,(H,19,20). The second-order valence-electron chi connectivity index (χ2n) is 5.82. The maximum atomic E-state index is 11.7. The first-order valence-corrected chi connectivity index (χ1v) is 7.53. The molecule has 4 nitrogen and oxygen atoms in total. The predicted molar refractivity (Wildman–Crippen MR) is 77.9 cm³/mol. The number of hydrogen-bond acceptors (Lipinski definition) is 3. The summed E-state index contributed by atoms with van der Waals surface area (Å²) < 4.78 is 0. The van der Waals surface area contributed by atoms with Crippen molar-refractivity contribution < 1.29 is 9.90 Å². The highest BCUT2D eigenvalue weighted by Crippen LogP contribution is 2.40. The molecule has 1 aromatic carbocycles. The number of carboxylic acid groups (broad SMARTS) is 1. The van der Waals surface area contributed by atoms with E-state index in [-0.39, 0.29) is 0 Å². The topological polar surface area (TPSA) is 52.6 Å². The van der Waals surface area contributed by atoms with Gasteiger partial charge in [-0.25, -0.2) is 0 Å². The molecule has 0 aromatic heterocycles. The summed E-state index contributed by atoms with van der Waals surface area (Å²) in [5, 5.41) is 12.9. The van der Waals surface area contributed by atoms with Crippen molar-refractivity contribution in [2.24, 2.45) is 0 Å². The molecule has 0 radical (unpaired) electrons. The molecular weight excluding hydrogens is 252 g/mol. The Morgan fingerprint density at radius 3 is 2.60 bits per heavy atom. The van der Waals surface area contributed by atoms with Crippen molar-refractivity contribution in [3.05, 3.63) is 35.4 Å². The highest BCUT2D eigenvalue weighted by Gasteiger charge is 2.29. The molecule has 0 bridgehead atoms. The largest absolute Gasteiger partial charge is 0.480 e. The minimum absolute atomic E-state index is 0.511. The summed E-state index contributed by atoms with van der Waals surface area (Å²) in [5.41, 5.74) is 2.26. The molecule has 1 aliphatic carbocycles. The average Bonchev–Trinajstić information content (AvgIpc) is 3.27. The highest BCUT2D eigenvalue weighted by molar-refractivity contribution is 5.75. The van der Waals surface area contributed by atoms with Crippen LogP contribution in [0.25, 0.3) is 0 Å². The van der Waals surface area contributed by atoms with Gasteiger partial charge < -0.3 is 10.4 Å². The maximum absolute atomic E-state index is 11.7. The van der Waals surface area contributed by atoms with Gasteiger partial charge in [-0.15, -0.1) is 0 Å². The maximum Gasteiger partial charge on any atom is 0.325 e. The Morgan fingerprint density at radius 1 is 1.20 bits per heavy atom. The minimum Gasteiger partial charge on any atom is -0.480 e. The van der Waals surface area contributed by atoms with Crippen LogP contribution in [-0.4, -0.2) is 42.2 Å². The number of rotatable bonds is 4. The first-order chi connectivity index (χ1) is 9.75. The molecule has 1 unspecified atom stereocenters. The van der Waals surface area contributed by atoms with E-state index in [2.05, 4.69) is 22.3 Å². The molecule has 1 aromatic rings. The number of hydrogen-bond donors (Lipinski definition) is 2. The molecule has 2 N–H and O–H groups in total. The molecule has 1 saturated carbocycles. The van der Waals surface area contributed by atoms with E-state index in [1.165, 1.54) is 18.4 Å². The molecule has 4 heteroatoms. The van der Waals surface area contributed by atoms with E-state index in [0.29, 0.717) is 0 Å². The van der Waals surface area contributed by atoms with Crippen LogP contribution in [0.3, 0.4) is 0 Å². The number of carbonyl (C=O) groups is 1. The normalized spacial score (nSPS) is 22.2. The average molecular weight is 274 g/mol. The lowest BCUT2D eigenvalue weighted by Crippen LogP contribution is -2.36. The molecule has 1 saturated heterocycles. The lowest BCUT2D eigenvalue weighted by molar-refractivity contribution is -0.143. The van der Waals surface area contributed by atoms with Crippen molar-refractivity contribution in [1.29, 1.82) is 0 Å². The Bertz CT molecular complexity index is 460. The van der Waals surface area contributed by atoms with Crippen molar-refractivity contribution in [2.45, 2.75) is 31.2 Å². The molecule has 0 amide bonds. The minimum atomic E-state index is -0.744. The van der Waals surface area contributed by atoms with Crippen LogP contribution in [-0.2, 0) is 4.79 Å². The fourth-order valence-corrected chi connectivity index (χ4v) is 3.00. The van der Waals surface area contributed by atoms with Gasteiger partial charge in [-0.3, -0.25) is 9.69 Å². The summed E-state index contributed by atoms with van der Waals surface area (Å²) in [6.07, 6.45) is 3.56. The third-order valence-electron chi connectivity index (χ3n) is 4.27. The summed E-state index contributed by atoms with van der Waals surface area (Å²) in [7, 11) is 0. The summed E-state index contributed by atoms with van der Waals surface area (Å²) in [5.74, 6) is -0.0270. The van der Waals surface area contributed by atoms with Gasteiger partial charge in [-0.1, -0.05) is 24.3 Å². The molecule has 1 aliphatic heterocycles. The molecular formula is C16H22N2O2. The summed E-state index contributed by atoms with van der Waals surface area (Å²) in [6.45, 7) is 3.48. The monoisotopic (exact) mass is 274 g/mol. The second kappa shape index (κ2) is 5.94. The number of benzene rings is 1. The lowest BCUT2D eigenvalue weighted by atomic mass is 10.0. The molecule has 3 rings (SSSR count). The van der Waals surface area contributed by atoms with Crippen molar-refractivity contribution in [2.75, 3.05) is 26.2 Å². The zero-order valence-electron chi connectivity index (χ0n) is 11.7. The Kier molecular flexibility index (Phi) is 4.03. The summed E-state index contributed by atoms with van der Waals surface area (Å²) >= 11 is 0. The van der Waals surface area contributed by atoms with Crippen LogP contribution in [0.1, 0.15) is 42.3 Å². The van der Waals surface area contributed by atoms with E-state index in [1.54, 1.807) is 0 Å². The van der Waals surface area contributed by atoms with Gasteiger partial charge in [0.1, 0.15) is 6.04 Å². The van der Waals surface area contributed by atoms with Crippen LogP contribution in [0, 0.1) is 0 Å². The van der Waals surface area contributed by atoms with E-state index < -0.39 is 12.0 Å². The van der Waals surface area contributed by atoms with E-state index in [4.69, 9.17) is 0 Å². The Labute approximate surface area is 119 Å². The van der Waals surface area contributed by atoms with E-state index >= 15 is 0 Å². The van der Waals surface area contributed by atoms with Gasteiger partial charge in [0.2, 0.25) is 0 Å². The molecule has 1 heterocycles. The molecule has 1 atom stereocenters. The van der Waals surface area contributed by atoms with Gasteiger partial charge in [0.25, 0.3) is 0 Å². The van der Waals surface area contributed by atoms with Crippen LogP contribution in [0.15, 0.2) is 24.3 Å². The third-order valence-corrected chi connectivity index (χ3v) is 4.27. The Hall–Kier alpha value is -1.39. The first kappa shape index (κ1) is 13.6. The van der Waals surface area contributed by atoms with E-state index in [9.17, 15) is 9.90 Å². The van der Waals surface area contributed by atoms with Crippen molar-refractivity contribution in [1.82, 2.24) is 10.2 Å². The van der Waals surface area contributed by atoms with Crippen LogP contribution in [0.2, 0.25) is 0 Å². The molecule has 2 aliphatic rings. The molecule has 2 fully saturated rings. The van der Waals surface area contributed by atoms with Crippen LogP contribution in [0.5, 0.6) is 0 Å². The smallest absolute Gasteiger partial charge is 0.325 e. The van der Waals surface area contributed by atoms with Crippen LogP contribution >= 0.6 is 0 Å². The van der Waals surface area contributed by atoms with Gasteiger partial charge in [0, 0.05) is 19.6 Å². The SMILES string of the molecule is O=C(O)C(c1ccc(C2CC2)cc1)N1CCCNCC1. The Morgan fingerprint density at radius 2 is 1.95 bits per heavy atom. The first-order valence-electron chi connectivity index (χ1n) is 7.53. The zero-order valence-corrected chi connectivity index (χ0v) is 11.7. The molecule has 0 spiro atoms. The van der Waals surface area contributed by atoms with Gasteiger partial charge in [-0.2, -0.15) is 0 Å². The predicted octanol–water partition coefficient (Wildman–Crippen LogP) is 1.98. The fraction of sp³-hybridized carbons (Fsp3) is 0.562. The van der Waals surface area contributed by atoms with Crippen molar-refractivity contribution in [3.8, 4) is 0 Å². The van der Waals surface area contributed by atoms with Gasteiger partial charge >= 0.3 is 5.97 Å². The van der Waals surface area contributed by atoms with Gasteiger partial charge in [0.15, 0.2) is 0 Å². The number of nitrogens with zero attached hydrogens (tertiary/aromatic N) is 1. The van der Waals surface area contributed by atoms with Crippen LogP contribution in [0.4, 0.5) is 0 Å². The number of nitrogens with one attached hydrogen (secondary N) is 1. The number of aliphatic carboxylic acids is 1. The van der Waals surface area contributed by atoms with Gasteiger partial charge in [-0.05, 0) is 42.9 Å². The fourth-order valence-electron chi connectivity index (χ4n) is 3.00. The summed E-state index contributed by atoms with van der Waals surface area (Å²) in [4.78, 5) is 13.8.